The van der Waals surface area contributed by atoms with Gasteiger partial charge in [0, 0.05) is 12.6 Å². The van der Waals surface area contributed by atoms with E-state index in [1.807, 2.05) is 6.92 Å². The second-order valence-electron chi connectivity index (χ2n) is 2.98. The summed E-state index contributed by atoms with van der Waals surface area (Å²) in [6.45, 7) is 2.03. The average molecular weight is 196 g/mol. The van der Waals surface area contributed by atoms with E-state index in [1.165, 1.54) is 0 Å². The zero-order valence-corrected chi connectivity index (χ0v) is 7.91. The highest BCUT2D eigenvalue weighted by molar-refractivity contribution is 5.86. The highest BCUT2D eigenvalue weighted by Crippen LogP contribution is 1.97. The Balaban J connectivity index is 2.89. The molecule has 2 N–H and O–H groups in total. The molecule has 0 fully saturated rings. The standard InChI is InChI=1S/C9H12N2O3/c1-2-3-4-7-10-5-6(9(13)14)8(12)11-7/h5H,2-4H2,1H3,(H,13,14)(H,10,11,12). The van der Waals surface area contributed by atoms with E-state index in [0.717, 1.165) is 19.0 Å². The molecule has 14 heavy (non-hydrogen) atoms. The van der Waals surface area contributed by atoms with Crippen molar-refractivity contribution in [2.45, 2.75) is 26.2 Å². The summed E-state index contributed by atoms with van der Waals surface area (Å²) in [5.74, 6) is -0.706. The fourth-order valence-electron chi connectivity index (χ4n) is 1.06. The van der Waals surface area contributed by atoms with Crippen LogP contribution in [0.15, 0.2) is 11.0 Å². The maximum absolute atomic E-state index is 11.2. The van der Waals surface area contributed by atoms with E-state index in [0.29, 0.717) is 12.2 Å². The Hall–Kier alpha value is -1.65. The van der Waals surface area contributed by atoms with Crippen LogP contribution in [0.1, 0.15) is 35.9 Å². The van der Waals surface area contributed by atoms with Crippen molar-refractivity contribution in [1.29, 1.82) is 0 Å². The van der Waals surface area contributed by atoms with Crippen molar-refractivity contribution in [1.82, 2.24) is 9.97 Å². The van der Waals surface area contributed by atoms with E-state index in [2.05, 4.69) is 9.97 Å². The molecule has 0 bridgehead atoms. The zero-order chi connectivity index (χ0) is 10.6. The van der Waals surface area contributed by atoms with Crippen LogP contribution in [0.25, 0.3) is 0 Å². The molecule has 0 amide bonds. The maximum Gasteiger partial charge on any atom is 0.342 e. The van der Waals surface area contributed by atoms with E-state index >= 15 is 0 Å². The van der Waals surface area contributed by atoms with Gasteiger partial charge in [-0.2, -0.15) is 0 Å². The molecule has 5 heteroatoms. The summed E-state index contributed by atoms with van der Waals surface area (Å²) in [7, 11) is 0. The normalized spacial score (nSPS) is 10.1. The molecule has 0 aliphatic heterocycles. The number of aromatic nitrogens is 2. The lowest BCUT2D eigenvalue weighted by molar-refractivity contribution is 0.0694. The molecule has 1 aromatic heterocycles. The Labute approximate surface area is 80.8 Å². The number of carbonyl (C=O) groups is 1. The molecular formula is C9H12N2O3. The molecule has 0 spiro atoms. The topological polar surface area (TPSA) is 83.0 Å². The number of rotatable bonds is 4. The minimum absolute atomic E-state index is 0.315. The van der Waals surface area contributed by atoms with Gasteiger partial charge in [-0.05, 0) is 6.42 Å². The Morgan fingerprint density at radius 3 is 2.86 bits per heavy atom. The van der Waals surface area contributed by atoms with Crippen LogP contribution in [0.4, 0.5) is 0 Å². The fraction of sp³-hybridized carbons (Fsp3) is 0.444. The Morgan fingerprint density at radius 2 is 2.36 bits per heavy atom. The first-order valence-electron chi connectivity index (χ1n) is 4.46. The number of carboxylic acid groups (broad SMARTS) is 1. The van der Waals surface area contributed by atoms with Crippen molar-refractivity contribution in [2.24, 2.45) is 0 Å². The van der Waals surface area contributed by atoms with Crippen LogP contribution in [0, 0.1) is 0 Å². The third-order valence-electron chi connectivity index (χ3n) is 1.85. The Morgan fingerprint density at radius 1 is 1.64 bits per heavy atom. The molecule has 0 aliphatic rings. The molecule has 76 valence electrons. The van der Waals surface area contributed by atoms with Crippen molar-refractivity contribution in [3.8, 4) is 0 Å². The van der Waals surface area contributed by atoms with Crippen molar-refractivity contribution < 1.29 is 9.90 Å². The number of aryl methyl sites for hydroxylation is 1. The van der Waals surface area contributed by atoms with E-state index in [9.17, 15) is 9.59 Å². The van der Waals surface area contributed by atoms with Crippen LogP contribution < -0.4 is 5.56 Å². The van der Waals surface area contributed by atoms with Crippen LogP contribution in [-0.4, -0.2) is 21.0 Å². The molecule has 0 atom stereocenters. The second-order valence-corrected chi connectivity index (χ2v) is 2.98. The lowest BCUT2D eigenvalue weighted by atomic mass is 10.2. The largest absolute Gasteiger partial charge is 0.477 e. The number of aromatic amines is 1. The first-order valence-corrected chi connectivity index (χ1v) is 4.46. The summed E-state index contributed by atoms with van der Waals surface area (Å²) >= 11 is 0. The predicted octanol–water partition coefficient (Wildman–Crippen LogP) is 0.811. The number of hydrogen-bond donors (Lipinski definition) is 2. The van der Waals surface area contributed by atoms with Gasteiger partial charge in [0.15, 0.2) is 0 Å². The van der Waals surface area contributed by atoms with Crippen LogP contribution in [0.2, 0.25) is 0 Å². The lowest BCUT2D eigenvalue weighted by Gasteiger charge is -1.98. The molecule has 1 heterocycles. The minimum Gasteiger partial charge on any atom is -0.477 e. The van der Waals surface area contributed by atoms with Crippen molar-refractivity contribution in [2.75, 3.05) is 0 Å². The number of H-pyrrole nitrogens is 1. The predicted molar refractivity (Wildman–Crippen MR) is 50.4 cm³/mol. The molecule has 0 aromatic carbocycles. The molecule has 1 aromatic rings. The van der Waals surface area contributed by atoms with E-state index in [1.54, 1.807) is 0 Å². The van der Waals surface area contributed by atoms with Crippen molar-refractivity contribution in [3.63, 3.8) is 0 Å². The van der Waals surface area contributed by atoms with Gasteiger partial charge < -0.3 is 10.1 Å². The van der Waals surface area contributed by atoms with Crippen LogP contribution in [-0.2, 0) is 6.42 Å². The van der Waals surface area contributed by atoms with Gasteiger partial charge in [0.1, 0.15) is 11.4 Å². The van der Waals surface area contributed by atoms with Crippen LogP contribution >= 0.6 is 0 Å². The maximum atomic E-state index is 11.2. The van der Waals surface area contributed by atoms with Crippen LogP contribution in [0.3, 0.4) is 0 Å². The van der Waals surface area contributed by atoms with E-state index in [-0.39, 0.29) is 5.56 Å². The SMILES string of the molecule is CCCCc1ncc(C(=O)O)c(=O)[nH]1. The minimum atomic E-state index is -1.25. The lowest BCUT2D eigenvalue weighted by Crippen LogP contribution is -2.20. The number of nitrogens with zero attached hydrogens (tertiary/aromatic N) is 1. The molecular weight excluding hydrogens is 184 g/mol. The van der Waals surface area contributed by atoms with E-state index in [4.69, 9.17) is 5.11 Å². The number of aromatic carboxylic acids is 1. The number of carboxylic acids is 1. The summed E-state index contributed by atoms with van der Waals surface area (Å²) in [5, 5.41) is 8.57. The molecule has 0 radical (unpaired) electrons. The molecule has 0 unspecified atom stereocenters. The molecule has 5 nitrogen and oxygen atoms in total. The monoisotopic (exact) mass is 196 g/mol. The molecule has 1 rings (SSSR count). The van der Waals surface area contributed by atoms with Gasteiger partial charge in [-0.15, -0.1) is 0 Å². The summed E-state index contributed by atoms with van der Waals surface area (Å²) in [4.78, 5) is 28.0. The molecule has 0 aliphatic carbocycles. The summed E-state index contributed by atoms with van der Waals surface area (Å²) in [6, 6.07) is 0. The third kappa shape index (κ3) is 2.42. The molecule has 0 saturated heterocycles. The summed E-state index contributed by atoms with van der Waals surface area (Å²) < 4.78 is 0. The van der Waals surface area contributed by atoms with Gasteiger partial charge in [0.2, 0.25) is 0 Å². The number of unbranched alkanes of at least 4 members (excludes halogenated alkanes) is 1. The van der Waals surface area contributed by atoms with Gasteiger partial charge in [0.25, 0.3) is 5.56 Å². The van der Waals surface area contributed by atoms with Gasteiger partial charge in [0.05, 0.1) is 0 Å². The average Bonchev–Trinajstić information content (AvgIpc) is 2.14. The number of hydrogen-bond acceptors (Lipinski definition) is 3. The van der Waals surface area contributed by atoms with Gasteiger partial charge in [-0.1, -0.05) is 13.3 Å². The fourth-order valence-corrected chi connectivity index (χ4v) is 1.06. The van der Waals surface area contributed by atoms with Gasteiger partial charge in [-0.25, -0.2) is 9.78 Å². The first-order chi connectivity index (χ1) is 6.65. The van der Waals surface area contributed by atoms with Crippen molar-refractivity contribution in [3.05, 3.63) is 27.9 Å². The van der Waals surface area contributed by atoms with Crippen molar-refractivity contribution >= 4 is 5.97 Å². The highest BCUT2D eigenvalue weighted by atomic mass is 16.4. The van der Waals surface area contributed by atoms with Gasteiger partial charge >= 0.3 is 5.97 Å². The quantitative estimate of drug-likeness (QED) is 0.746. The van der Waals surface area contributed by atoms with Crippen LogP contribution in [0.5, 0.6) is 0 Å². The summed E-state index contributed by atoms with van der Waals surface area (Å²) in [5.41, 5.74) is -0.899. The molecule has 0 saturated carbocycles. The zero-order valence-electron chi connectivity index (χ0n) is 7.91. The smallest absolute Gasteiger partial charge is 0.342 e. The number of nitrogens with one attached hydrogen (secondary N) is 1. The highest BCUT2D eigenvalue weighted by Gasteiger charge is 2.08. The van der Waals surface area contributed by atoms with E-state index < -0.39 is 11.5 Å². The Kier molecular flexibility index (Phi) is 3.39. The summed E-state index contributed by atoms with van der Waals surface area (Å²) in [6.07, 6.45) is 3.71. The first kappa shape index (κ1) is 10.4. The second kappa shape index (κ2) is 4.55. The third-order valence-corrected chi connectivity index (χ3v) is 1.85. The van der Waals surface area contributed by atoms with Gasteiger partial charge in [-0.3, -0.25) is 4.79 Å². The Bertz CT molecular complexity index is 384.